The first-order valence-electron chi connectivity index (χ1n) is 11.2. The molecule has 1 aliphatic carbocycles. The lowest BCUT2D eigenvalue weighted by molar-refractivity contribution is -0.136. The predicted octanol–water partition coefficient (Wildman–Crippen LogP) is 3.90. The van der Waals surface area contributed by atoms with E-state index in [-0.39, 0.29) is 17.9 Å². The molecule has 2 heterocycles. The monoisotopic (exact) mass is 486 g/mol. The lowest BCUT2D eigenvalue weighted by atomic mass is 9.64. The Morgan fingerprint density at radius 1 is 1.26 bits per heavy atom. The van der Waals surface area contributed by atoms with Crippen molar-refractivity contribution in [1.29, 1.82) is 0 Å². The number of anilines is 1. The van der Waals surface area contributed by atoms with E-state index in [0.717, 1.165) is 16.9 Å². The van der Waals surface area contributed by atoms with Crippen LogP contribution in [0.3, 0.4) is 0 Å². The zero-order chi connectivity index (χ0) is 24.7. The minimum absolute atomic E-state index is 0.0721. The molecule has 1 saturated carbocycles. The number of nitrogens with zero attached hydrogens (tertiary/aromatic N) is 2. The number of hydrogen-bond donors (Lipinski definition) is 2. The van der Waals surface area contributed by atoms with Gasteiger partial charge in [-0.05, 0) is 48.8 Å². The van der Waals surface area contributed by atoms with E-state index in [1.165, 1.54) is 11.3 Å². The summed E-state index contributed by atoms with van der Waals surface area (Å²) < 4.78 is 10.7. The number of amides is 4. The third-order valence-corrected chi connectivity index (χ3v) is 7.12. The molecule has 1 aromatic carbocycles. The lowest BCUT2D eigenvalue weighted by Gasteiger charge is -2.43. The number of urea groups is 1. The zero-order valence-electron chi connectivity index (χ0n) is 20.1. The van der Waals surface area contributed by atoms with E-state index in [9.17, 15) is 14.4 Å². The van der Waals surface area contributed by atoms with Crippen LogP contribution in [0.25, 0.3) is 11.3 Å². The second kappa shape index (κ2) is 8.90. The quantitative estimate of drug-likeness (QED) is 0.599. The maximum Gasteiger partial charge on any atom is 0.325 e. The summed E-state index contributed by atoms with van der Waals surface area (Å²) in [5.41, 5.74) is 0.333. The van der Waals surface area contributed by atoms with Crippen molar-refractivity contribution in [2.24, 2.45) is 11.3 Å². The molecule has 182 valence electrons. The summed E-state index contributed by atoms with van der Waals surface area (Å²) in [4.78, 5) is 44.1. The highest BCUT2D eigenvalue weighted by Gasteiger charge is 2.56. The van der Waals surface area contributed by atoms with Gasteiger partial charge in [-0.2, -0.15) is 0 Å². The van der Waals surface area contributed by atoms with Crippen molar-refractivity contribution < 1.29 is 23.9 Å². The number of imide groups is 1. The molecule has 1 aliphatic heterocycles. The van der Waals surface area contributed by atoms with Gasteiger partial charge in [-0.15, -0.1) is 11.3 Å². The highest BCUT2D eigenvalue weighted by atomic mass is 32.1. The third-order valence-electron chi connectivity index (χ3n) is 6.36. The van der Waals surface area contributed by atoms with Gasteiger partial charge in [-0.25, -0.2) is 9.78 Å². The molecule has 2 fully saturated rings. The van der Waals surface area contributed by atoms with Gasteiger partial charge in [0.25, 0.3) is 5.91 Å². The molecule has 0 radical (unpaired) electrons. The summed E-state index contributed by atoms with van der Waals surface area (Å²) in [6, 6.07) is 4.85. The van der Waals surface area contributed by atoms with E-state index in [2.05, 4.69) is 36.4 Å². The molecule has 10 heteroatoms. The Kier molecular flexibility index (Phi) is 6.28. The largest absolute Gasteiger partial charge is 0.497 e. The fourth-order valence-corrected chi connectivity index (χ4v) is 6.15. The smallest absolute Gasteiger partial charge is 0.325 e. The number of benzene rings is 1. The first-order chi connectivity index (χ1) is 16.1. The number of hydrogen-bond acceptors (Lipinski definition) is 7. The Morgan fingerprint density at radius 3 is 2.71 bits per heavy atom. The normalized spacial score (nSPS) is 23.7. The molecule has 4 rings (SSSR count). The van der Waals surface area contributed by atoms with Crippen LogP contribution in [0, 0.1) is 11.3 Å². The number of thiazole rings is 1. The fraction of sp³-hybridized carbons (Fsp3) is 0.500. The van der Waals surface area contributed by atoms with Crippen molar-refractivity contribution in [3.63, 3.8) is 0 Å². The van der Waals surface area contributed by atoms with Gasteiger partial charge in [-0.1, -0.05) is 20.8 Å². The SMILES string of the molecule is COc1ccc(OC)c(-c2csc(NC(=O)CN3C(=O)NC4(CC(C)CC(C)(C)C4)C3=O)n2)c1. The van der Waals surface area contributed by atoms with Crippen molar-refractivity contribution in [2.75, 3.05) is 26.1 Å². The standard InChI is InChI=1S/C24H30N4O5S/c1-14-9-23(2,3)13-24(10-14)20(30)28(22(31)27-24)11-19(29)26-21-25-17(12-34-21)16-8-15(32-4)6-7-18(16)33-5/h6-8,12,14H,9-11,13H2,1-5H3,(H,27,31)(H,25,26,29). The van der Waals surface area contributed by atoms with Crippen LogP contribution in [0.15, 0.2) is 23.6 Å². The molecule has 0 bridgehead atoms. The Balaban J connectivity index is 1.46. The minimum atomic E-state index is -0.935. The van der Waals surface area contributed by atoms with Gasteiger partial charge < -0.3 is 20.1 Å². The summed E-state index contributed by atoms with van der Waals surface area (Å²) >= 11 is 1.24. The summed E-state index contributed by atoms with van der Waals surface area (Å²) in [6.45, 7) is 5.95. The second-order valence-corrected chi connectivity index (χ2v) is 10.8. The number of carbonyl (C=O) groups is 3. The van der Waals surface area contributed by atoms with Crippen LogP contribution in [-0.4, -0.2) is 54.0 Å². The molecule has 1 saturated heterocycles. The summed E-state index contributed by atoms with van der Waals surface area (Å²) in [5.74, 6) is 0.764. The first kappa shape index (κ1) is 24.0. The van der Waals surface area contributed by atoms with Gasteiger partial charge in [-0.3, -0.25) is 14.5 Å². The van der Waals surface area contributed by atoms with Gasteiger partial charge in [0.1, 0.15) is 23.6 Å². The van der Waals surface area contributed by atoms with Gasteiger partial charge in [0.15, 0.2) is 5.13 Å². The Hall–Kier alpha value is -3.14. The summed E-state index contributed by atoms with van der Waals surface area (Å²) in [6.07, 6.45) is 2.13. The van der Waals surface area contributed by atoms with Crippen LogP contribution < -0.4 is 20.1 Å². The van der Waals surface area contributed by atoms with E-state index in [1.807, 2.05) is 0 Å². The Morgan fingerprint density at radius 2 is 2.03 bits per heavy atom. The van der Waals surface area contributed by atoms with Crippen molar-refractivity contribution >= 4 is 34.3 Å². The molecule has 1 aromatic heterocycles. The van der Waals surface area contributed by atoms with E-state index in [4.69, 9.17) is 9.47 Å². The summed E-state index contributed by atoms with van der Waals surface area (Å²) in [5, 5.41) is 7.75. The number of ether oxygens (including phenoxy) is 2. The van der Waals surface area contributed by atoms with Crippen LogP contribution in [0.1, 0.15) is 40.0 Å². The minimum Gasteiger partial charge on any atom is -0.497 e. The van der Waals surface area contributed by atoms with Gasteiger partial charge in [0.05, 0.1) is 19.9 Å². The third kappa shape index (κ3) is 4.59. The number of carbonyl (C=O) groups excluding carboxylic acids is 3. The van der Waals surface area contributed by atoms with E-state index in [1.54, 1.807) is 37.8 Å². The topological polar surface area (TPSA) is 110 Å². The molecule has 4 amide bonds. The van der Waals surface area contributed by atoms with Crippen LogP contribution in [0.4, 0.5) is 9.93 Å². The molecule has 1 spiro atoms. The first-order valence-corrected chi connectivity index (χ1v) is 12.1. The van der Waals surface area contributed by atoms with Crippen LogP contribution in [-0.2, 0) is 9.59 Å². The highest BCUT2D eigenvalue weighted by Crippen LogP contribution is 2.46. The van der Waals surface area contributed by atoms with Crippen LogP contribution in [0.5, 0.6) is 11.5 Å². The number of methoxy groups -OCH3 is 2. The molecule has 34 heavy (non-hydrogen) atoms. The lowest BCUT2D eigenvalue weighted by Crippen LogP contribution is -2.54. The predicted molar refractivity (Wildman–Crippen MR) is 129 cm³/mol. The summed E-state index contributed by atoms with van der Waals surface area (Å²) in [7, 11) is 3.15. The van der Waals surface area contributed by atoms with E-state index < -0.39 is 17.5 Å². The molecule has 2 aliphatic rings. The average molecular weight is 487 g/mol. The Labute approximate surface area is 202 Å². The second-order valence-electron chi connectivity index (χ2n) is 9.91. The van der Waals surface area contributed by atoms with Gasteiger partial charge in [0.2, 0.25) is 5.91 Å². The molecular weight excluding hydrogens is 456 g/mol. The Bertz CT molecular complexity index is 1130. The van der Waals surface area contributed by atoms with Crippen molar-refractivity contribution in [1.82, 2.24) is 15.2 Å². The number of rotatable bonds is 6. The average Bonchev–Trinajstić information content (AvgIpc) is 3.30. The van der Waals surface area contributed by atoms with Gasteiger partial charge in [0, 0.05) is 10.9 Å². The number of nitrogens with one attached hydrogen (secondary N) is 2. The van der Waals surface area contributed by atoms with Crippen LogP contribution >= 0.6 is 11.3 Å². The molecule has 2 unspecified atom stereocenters. The fourth-order valence-electron chi connectivity index (χ4n) is 5.42. The van der Waals surface area contributed by atoms with Crippen molar-refractivity contribution in [2.45, 2.75) is 45.6 Å². The number of aromatic nitrogens is 1. The van der Waals surface area contributed by atoms with Crippen molar-refractivity contribution in [3.8, 4) is 22.8 Å². The molecule has 2 aromatic rings. The molecule has 9 nitrogen and oxygen atoms in total. The maximum absolute atomic E-state index is 13.3. The molecular formula is C24H30N4O5S. The highest BCUT2D eigenvalue weighted by molar-refractivity contribution is 7.14. The zero-order valence-corrected chi connectivity index (χ0v) is 20.9. The van der Waals surface area contributed by atoms with E-state index in [0.29, 0.717) is 41.1 Å². The molecule has 2 N–H and O–H groups in total. The van der Waals surface area contributed by atoms with E-state index >= 15 is 0 Å². The molecule has 2 atom stereocenters. The van der Waals surface area contributed by atoms with Gasteiger partial charge >= 0.3 is 6.03 Å². The van der Waals surface area contributed by atoms with Crippen LogP contribution in [0.2, 0.25) is 0 Å². The van der Waals surface area contributed by atoms with Crippen molar-refractivity contribution in [3.05, 3.63) is 23.6 Å². The maximum atomic E-state index is 13.3.